The van der Waals surface area contributed by atoms with Gasteiger partial charge in [-0.25, -0.2) is 4.98 Å². The van der Waals surface area contributed by atoms with Gasteiger partial charge in [0.1, 0.15) is 5.65 Å². The van der Waals surface area contributed by atoms with Crippen LogP contribution in [0.1, 0.15) is 26.3 Å². The molecule has 2 aliphatic heterocycles. The molecule has 0 spiro atoms. The van der Waals surface area contributed by atoms with E-state index >= 15 is 0 Å². The molecule has 11 heteroatoms. The maximum Gasteiger partial charge on any atom is 0.417 e. The first-order chi connectivity index (χ1) is 15.2. The van der Waals surface area contributed by atoms with Crippen molar-refractivity contribution in [2.45, 2.75) is 6.18 Å². The molecule has 7 nitrogen and oxygen atoms in total. The van der Waals surface area contributed by atoms with E-state index in [-0.39, 0.29) is 23.3 Å². The number of alkyl halides is 3. The summed E-state index contributed by atoms with van der Waals surface area (Å²) in [5.41, 5.74) is -0.125. The van der Waals surface area contributed by atoms with Crippen molar-refractivity contribution in [1.82, 2.24) is 24.8 Å². The molecule has 2 aliphatic rings. The number of carbonyl (C=O) groups excluding carboxylic acids is 2. The summed E-state index contributed by atoms with van der Waals surface area (Å²) in [6.45, 7) is 1.62. The van der Waals surface area contributed by atoms with E-state index in [1.165, 1.54) is 11.1 Å². The number of halogens is 4. The Morgan fingerprint density at radius 1 is 1.03 bits per heavy atom. The molecule has 2 fully saturated rings. The number of hydrogen-bond donors (Lipinski definition) is 1. The van der Waals surface area contributed by atoms with Gasteiger partial charge < -0.3 is 14.8 Å². The van der Waals surface area contributed by atoms with E-state index in [1.807, 2.05) is 0 Å². The third-order valence-corrected chi connectivity index (χ3v) is 6.53. The zero-order chi connectivity index (χ0) is 22.6. The Bertz CT molecular complexity index is 1210. The van der Waals surface area contributed by atoms with Crippen LogP contribution in [0.2, 0.25) is 5.02 Å². The number of aromatic nitrogens is 3. The molecule has 5 rings (SSSR count). The van der Waals surface area contributed by atoms with Crippen LogP contribution in [0.5, 0.6) is 0 Å². The Balaban J connectivity index is 1.27. The van der Waals surface area contributed by atoms with Gasteiger partial charge in [0.15, 0.2) is 0 Å². The number of H-pyrrole nitrogens is 1. The number of carbonyl (C=O) groups is 2. The average Bonchev–Trinajstić information content (AvgIpc) is 3.47. The number of fused-ring (bicyclic) bond motifs is 2. The quantitative estimate of drug-likeness (QED) is 0.631. The molecule has 0 aliphatic carbocycles. The first kappa shape index (κ1) is 20.7. The highest BCUT2D eigenvalue weighted by atomic mass is 35.5. The van der Waals surface area contributed by atoms with Gasteiger partial charge in [-0.05, 0) is 12.1 Å². The molecule has 2 amide bonds. The lowest BCUT2D eigenvalue weighted by Crippen LogP contribution is -2.36. The number of nitrogens with one attached hydrogen (secondary N) is 1. The van der Waals surface area contributed by atoms with Crippen LogP contribution < -0.4 is 0 Å². The minimum Gasteiger partial charge on any atom is -0.346 e. The highest BCUT2D eigenvalue weighted by Gasteiger charge is 2.44. The SMILES string of the molecule is O=C(c1cncc(C(F)(F)F)c1)N1CC2CN(C(=O)c3cnc4[nH]ccc4c3Cl)CC2C1. The number of likely N-dealkylation sites (tertiary alicyclic amines) is 2. The maximum atomic E-state index is 13.0. The van der Waals surface area contributed by atoms with Crippen molar-refractivity contribution in [1.29, 1.82) is 0 Å². The predicted octanol–water partition coefficient (Wildman–Crippen LogP) is 3.47. The normalized spacial score (nSPS) is 20.8. The fourth-order valence-electron chi connectivity index (χ4n) is 4.51. The monoisotopic (exact) mass is 463 g/mol. The van der Waals surface area contributed by atoms with Gasteiger partial charge in [0, 0.05) is 68.2 Å². The van der Waals surface area contributed by atoms with Crippen LogP contribution in [0.4, 0.5) is 13.2 Å². The maximum absolute atomic E-state index is 13.0. The van der Waals surface area contributed by atoms with E-state index in [4.69, 9.17) is 11.6 Å². The lowest BCUT2D eigenvalue weighted by molar-refractivity contribution is -0.137. The largest absolute Gasteiger partial charge is 0.417 e. The molecule has 166 valence electrons. The first-order valence-electron chi connectivity index (χ1n) is 9.94. The van der Waals surface area contributed by atoms with Crippen LogP contribution in [0.15, 0.2) is 36.9 Å². The van der Waals surface area contributed by atoms with Gasteiger partial charge in [-0.1, -0.05) is 11.6 Å². The summed E-state index contributed by atoms with van der Waals surface area (Å²) in [5.74, 6) is -0.616. The van der Waals surface area contributed by atoms with E-state index in [9.17, 15) is 22.8 Å². The van der Waals surface area contributed by atoms with Gasteiger partial charge in [-0.2, -0.15) is 13.2 Å². The Kier molecular flexibility index (Phi) is 4.85. The van der Waals surface area contributed by atoms with Crippen LogP contribution in [0, 0.1) is 11.8 Å². The summed E-state index contributed by atoms with van der Waals surface area (Å²) < 4.78 is 38.8. The van der Waals surface area contributed by atoms with Crippen LogP contribution in [0.25, 0.3) is 11.0 Å². The minimum atomic E-state index is -4.56. The Morgan fingerprint density at radius 3 is 2.34 bits per heavy atom. The fraction of sp³-hybridized carbons (Fsp3) is 0.333. The zero-order valence-electron chi connectivity index (χ0n) is 16.6. The molecule has 0 aromatic carbocycles. The molecular weight excluding hydrogens is 447 g/mol. The number of pyridine rings is 2. The summed E-state index contributed by atoms with van der Waals surface area (Å²) in [7, 11) is 0. The van der Waals surface area contributed by atoms with Gasteiger partial charge in [-0.15, -0.1) is 0 Å². The molecule has 1 N–H and O–H groups in total. The second-order valence-electron chi connectivity index (χ2n) is 8.13. The summed E-state index contributed by atoms with van der Waals surface area (Å²) in [5, 5.41) is 1.01. The van der Waals surface area contributed by atoms with Crippen molar-refractivity contribution in [3.63, 3.8) is 0 Å². The highest BCUT2D eigenvalue weighted by Crippen LogP contribution is 2.35. The lowest BCUT2D eigenvalue weighted by atomic mass is 10.0. The molecule has 3 aromatic heterocycles. The Labute approximate surface area is 185 Å². The van der Waals surface area contributed by atoms with E-state index in [0.717, 1.165) is 12.3 Å². The summed E-state index contributed by atoms with van der Waals surface area (Å²) >= 11 is 6.41. The van der Waals surface area contributed by atoms with E-state index in [1.54, 1.807) is 17.2 Å². The molecule has 2 unspecified atom stereocenters. The minimum absolute atomic E-state index is 0.0457. The Morgan fingerprint density at radius 2 is 1.69 bits per heavy atom. The van der Waals surface area contributed by atoms with Crippen LogP contribution in [0.3, 0.4) is 0 Å². The summed E-state index contributed by atoms with van der Waals surface area (Å²) in [4.78, 5) is 39.8. The number of aromatic amines is 1. The van der Waals surface area contributed by atoms with Crippen molar-refractivity contribution in [3.05, 3.63) is 58.6 Å². The molecule has 5 heterocycles. The predicted molar refractivity (Wildman–Crippen MR) is 109 cm³/mol. The highest BCUT2D eigenvalue weighted by molar-refractivity contribution is 6.38. The zero-order valence-corrected chi connectivity index (χ0v) is 17.3. The fourth-order valence-corrected chi connectivity index (χ4v) is 4.80. The van der Waals surface area contributed by atoms with Crippen LogP contribution >= 0.6 is 11.6 Å². The molecule has 2 atom stereocenters. The van der Waals surface area contributed by atoms with Gasteiger partial charge in [0.2, 0.25) is 0 Å². The molecule has 32 heavy (non-hydrogen) atoms. The van der Waals surface area contributed by atoms with Crippen LogP contribution in [-0.4, -0.2) is 62.7 Å². The smallest absolute Gasteiger partial charge is 0.346 e. The third kappa shape index (κ3) is 3.48. The standard InChI is InChI=1S/C21H17ClF3N5O2/c22-17-15-1-2-27-18(15)28-6-16(17)20(32)30-9-12-7-29(8-13(12)10-30)19(31)11-3-14(5-26-4-11)21(23,24)25/h1-6,12-13H,7-10H2,(H,27,28). The summed E-state index contributed by atoms with van der Waals surface area (Å²) in [6, 6.07) is 2.58. The van der Waals surface area contributed by atoms with E-state index in [2.05, 4.69) is 15.0 Å². The van der Waals surface area contributed by atoms with Gasteiger partial charge in [0.05, 0.1) is 21.7 Å². The van der Waals surface area contributed by atoms with Crippen molar-refractivity contribution >= 4 is 34.4 Å². The molecule has 0 radical (unpaired) electrons. The second-order valence-corrected chi connectivity index (χ2v) is 8.50. The van der Waals surface area contributed by atoms with E-state index < -0.39 is 17.6 Å². The first-order valence-corrected chi connectivity index (χ1v) is 10.3. The van der Waals surface area contributed by atoms with Gasteiger partial charge in [-0.3, -0.25) is 14.6 Å². The molecular formula is C21H17ClF3N5O2. The Hall–Kier alpha value is -3.14. The van der Waals surface area contributed by atoms with Crippen molar-refractivity contribution in [2.24, 2.45) is 11.8 Å². The van der Waals surface area contributed by atoms with E-state index in [0.29, 0.717) is 54.0 Å². The number of nitrogens with zero attached hydrogens (tertiary/aromatic N) is 4. The van der Waals surface area contributed by atoms with Crippen molar-refractivity contribution in [2.75, 3.05) is 26.2 Å². The van der Waals surface area contributed by atoms with Gasteiger partial charge >= 0.3 is 6.18 Å². The second kappa shape index (κ2) is 7.47. The molecule has 2 saturated heterocycles. The molecule has 0 bridgehead atoms. The third-order valence-electron chi connectivity index (χ3n) is 6.12. The van der Waals surface area contributed by atoms with Crippen molar-refractivity contribution in [3.8, 4) is 0 Å². The number of amides is 2. The number of rotatable bonds is 2. The number of hydrogen-bond acceptors (Lipinski definition) is 4. The van der Waals surface area contributed by atoms with Gasteiger partial charge in [0.25, 0.3) is 11.8 Å². The molecule has 0 saturated carbocycles. The summed E-state index contributed by atoms with van der Waals surface area (Å²) in [6.07, 6.45) is 0.431. The van der Waals surface area contributed by atoms with Crippen LogP contribution in [-0.2, 0) is 6.18 Å². The van der Waals surface area contributed by atoms with Crippen molar-refractivity contribution < 1.29 is 22.8 Å². The molecule has 3 aromatic rings. The topological polar surface area (TPSA) is 82.2 Å². The lowest BCUT2D eigenvalue weighted by Gasteiger charge is -2.22. The average molecular weight is 464 g/mol.